The van der Waals surface area contributed by atoms with Crippen molar-refractivity contribution in [1.29, 1.82) is 5.26 Å². The Bertz CT molecular complexity index is 491. The van der Waals surface area contributed by atoms with E-state index in [1.54, 1.807) is 24.3 Å². The molecule has 0 spiro atoms. The SMILES string of the molecule is CCCNS(=O)(=O)Nc1ccccc1C#N. The molecule has 0 bridgehead atoms. The molecule has 0 aliphatic rings. The summed E-state index contributed by atoms with van der Waals surface area (Å²) in [6, 6.07) is 8.36. The van der Waals surface area contributed by atoms with E-state index in [0.717, 1.165) is 0 Å². The highest BCUT2D eigenvalue weighted by Gasteiger charge is 2.10. The Kier molecular flexibility index (Phi) is 4.28. The lowest BCUT2D eigenvalue weighted by Crippen LogP contribution is -2.30. The van der Waals surface area contributed by atoms with Crippen molar-refractivity contribution in [2.75, 3.05) is 11.3 Å². The van der Waals surface area contributed by atoms with Crippen LogP contribution in [0.1, 0.15) is 18.9 Å². The summed E-state index contributed by atoms with van der Waals surface area (Å²) in [5.74, 6) is 0. The number of nitrogens with one attached hydrogen (secondary N) is 2. The van der Waals surface area contributed by atoms with Crippen molar-refractivity contribution >= 4 is 15.9 Å². The summed E-state index contributed by atoms with van der Waals surface area (Å²) in [5, 5.41) is 8.79. The van der Waals surface area contributed by atoms with E-state index in [-0.39, 0.29) is 5.69 Å². The average Bonchev–Trinajstić information content (AvgIpc) is 2.27. The van der Waals surface area contributed by atoms with Gasteiger partial charge in [0.1, 0.15) is 6.07 Å². The van der Waals surface area contributed by atoms with Gasteiger partial charge in [-0.15, -0.1) is 0 Å². The van der Waals surface area contributed by atoms with Crippen LogP contribution in [0.15, 0.2) is 24.3 Å². The fourth-order valence-electron chi connectivity index (χ4n) is 1.09. The molecule has 2 N–H and O–H groups in total. The van der Waals surface area contributed by atoms with Gasteiger partial charge < -0.3 is 0 Å². The van der Waals surface area contributed by atoms with Crippen LogP contribution in [0.5, 0.6) is 0 Å². The molecule has 6 heteroatoms. The van der Waals surface area contributed by atoms with Gasteiger partial charge in [-0.05, 0) is 18.6 Å². The first kappa shape index (κ1) is 12.5. The zero-order valence-corrected chi connectivity index (χ0v) is 9.71. The van der Waals surface area contributed by atoms with Crippen molar-refractivity contribution in [3.8, 4) is 6.07 Å². The van der Waals surface area contributed by atoms with Crippen LogP contribution >= 0.6 is 0 Å². The fraction of sp³-hybridized carbons (Fsp3) is 0.300. The summed E-state index contributed by atoms with van der Waals surface area (Å²) in [6.45, 7) is 2.23. The molecular formula is C10H13N3O2S. The van der Waals surface area contributed by atoms with E-state index in [0.29, 0.717) is 18.5 Å². The van der Waals surface area contributed by atoms with Crippen LogP contribution in [0.25, 0.3) is 0 Å². The molecule has 0 aromatic heterocycles. The van der Waals surface area contributed by atoms with Gasteiger partial charge in [0.15, 0.2) is 0 Å². The minimum absolute atomic E-state index is 0.286. The van der Waals surface area contributed by atoms with Crippen LogP contribution in [0.3, 0.4) is 0 Å². The number of rotatable bonds is 5. The van der Waals surface area contributed by atoms with Gasteiger partial charge >= 0.3 is 0 Å². The van der Waals surface area contributed by atoms with Crippen LogP contribution in [0, 0.1) is 11.3 Å². The van der Waals surface area contributed by atoms with Crippen LogP contribution in [0.2, 0.25) is 0 Å². The minimum Gasteiger partial charge on any atom is -0.270 e. The van der Waals surface area contributed by atoms with Gasteiger partial charge in [-0.2, -0.15) is 18.4 Å². The Morgan fingerprint density at radius 2 is 2.06 bits per heavy atom. The Hall–Kier alpha value is -1.58. The largest absolute Gasteiger partial charge is 0.299 e. The highest BCUT2D eigenvalue weighted by atomic mass is 32.2. The highest BCUT2D eigenvalue weighted by molar-refractivity contribution is 7.90. The molecule has 1 aromatic carbocycles. The van der Waals surface area contributed by atoms with Crippen molar-refractivity contribution in [3.05, 3.63) is 29.8 Å². The van der Waals surface area contributed by atoms with Gasteiger partial charge in [-0.1, -0.05) is 19.1 Å². The fourth-order valence-corrected chi connectivity index (χ4v) is 2.10. The summed E-state index contributed by atoms with van der Waals surface area (Å²) in [6.07, 6.45) is 0.709. The molecule has 0 radical (unpaired) electrons. The molecule has 0 heterocycles. The Morgan fingerprint density at radius 1 is 1.38 bits per heavy atom. The van der Waals surface area contributed by atoms with Crippen LogP contribution in [0.4, 0.5) is 5.69 Å². The Balaban J connectivity index is 2.85. The maximum atomic E-state index is 11.5. The lowest BCUT2D eigenvalue weighted by atomic mass is 10.2. The summed E-state index contributed by atoms with van der Waals surface area (Å²) >= 11 is 0. The van der Waals surface area contributed by atoms with E-state index >= 15 is 0 Å². The monoisotopic (exact) mass is 239 g/mol. The standard InChI is InChI=1S/C10H13N3O2S/c1-2-7-12-16(14,15)13-10-6-4-3-5-9(10)8-11/h3-6,12-13H,2,7H2,1H3. The molecule has 1 aromatic rings. The predicted octanol–water partition coefficient (Wildman–Crippen LogP) is 1.21. The molecule has 0 atom stereocenters. The maximum Gasteiger partial charge on any atom is 0.299 e. The topological polar surface area (TPSA) is 82.0 Å². The maximum absolute atomic E-state index is 11.5. The molecule has 0 saturated carbocycles. The second-order valence-corrected chi connectivity index (χ2v) is 4.66. The summed E-state index contributed by atoms with van der Waals surface area (Å²) in [7, 11) is -3.58. The van der Waals surface area contributed by atoms with E-state index in [9.17, 15) is 8.42 Å². The smallest absolute Gasteiger partial charge is 0.270 e. The first-order chi connectivity index (χ1) is 7.59. The van der Waals surface area contributed by atoms with Gasteiger partial charge in [0.2, 0.25) is 0 Å². The average molecular weight is 239 g/mol. The molecule has 1 rings (SSSR count). The van der Waals surface area contributed by atoms with E-state index < -0.39 is 10.2 Å². The van der Waals surface area contributed by atoms with Gasteiger partial charge in [0.05, 0.1) is 11.3 Å². The molecule has 16 heavy (non-hydrogen) atoms. The Morgan fingerprint density at radius 3 is 2.69 bits per heavy atom. The molecule has 0 aliphatic carbocycles. The molecule has 86 valence electrons. The molecule has 0 fully saturated rings. The second-order valence-electron chi connectivity index (χ2n) is 3.16. The predicted molar refractivity (Wildman–Crippen MR) is 62.0 cm³/mol. The minimum atomic E-state index is -3.58. The first-order valence-electron chi connectivity index (χ1n) is 4.85. The molecule has 0 saturated heterocycles. The van der Waals surface area contributed by atoms with Crippen LogP contribution < -0.4 is 9.44 Å². The van der Waals surface area contributed by atoms with E-state index in [2.05, 4.69) is 9.44 Å². The zero-order valence-electron chi connectivity index (χ0n) is 8.90. The third kappa shape index (κ3) is 3.53. The number of para-hydroxylation sites is 1. The quantitative estimate of drug-likeness (QED) is 0.810. The number of nitrogens with zero attached hydrogens (tertiary/aromatic N) is 1. The second kappa shape index (κ2) is 5.49. The van der Waals surface area contributed by atoms with E-state index in [1.165, 1.54) is 0 Å². The number of benzene rings is 1. The van der Waals surface area contributed by atoms with Gasteiger partial charge in [0.25, 0.3) is 10.2 Å². The third-order valence-corrected chi connectivity index (χ3v) is 2.91. The van der Waals surface area contributed by atoms with Crippen molar-refractivity contribution < 1.29 is 8.42 Å². The summed E-state index contributed by atoms with van der Waals surface area (Å²) in [5.41, 5.74) is 0.581. The number of hydrogen-bond donors (Lipinski definition) is 2. The first-order valence-corrected chi connectivity index (χ1v) is 6.34. The van der Waals surface area contributed by atoms with Crippen molar-refractivity contribution in [1.82, 2.24) is 4.72 Å². The molecule has 5 nitrogen and oxygen atoms in total. The number of anilines is 1. The molecular weight excluding hydrogens is 226 g/mol. The normalized spacial score (nSPS) is 10.8. The van der Waals surface area contributed by atoms with E-state index in [1.807, 2.05) is 13.0 Å². The van der Waals surface area contributed by atoms with Crippen LogP contribution in [-0.2, 0) is 10.2 Å². The highest BCUT2D eigenvalue weighted by Crippen LogP contribution is 2.14. The van der Waals surface area contributed by atoms with Gasteiger partial charge in [-0.3, -0.25) is 4.72 Å². The number of hydrogen-bond acceptors (Lipinski definition) is 3. The van der Waals surface area contributed by atoms with Crippen molar-refractivity contribution in [2.24, 2.45) is 0 Å². The molecule has 0 amide bonds. The number of nitriles is 1. The molecule has 0 unspecified atom stereocenters. The lowest BCUT2D eigenvalue weighted by Gasteiger charge is -2.09. The van der Waals surface area contributed by atoms with Gasteiger partial charge in [-0.25, -0.2) is 0 Å². The van der Waals surface area contributed by atoms with Crippen molar-refractivity contribution in [2.45, 2.75) is 13.3 Å². The van der Waals surface area contributed by atoms with Crippen LogP contribution in [-0.4, -0.2) is 15.0 Å². The zero-order chi connectivity index (χ0) is 12.0. The van der Waals surface area contributed by atoms with E-state index in [4.69, 9.17) is 5.26 Å². The van der Waals surface area contributed by atoms with Crippen molar-refractivity contribution in [3.63, 3.8) is 0 Å². The third-order valence-electron chi connectivity index (χ3n) is 1.83. The summed E-state index contributed by atoms with van der Waals surface area (Å²) in [4.78, 5) is 0. The van der Waals surface area contributed by atoms with Gasteiger partial charge in [0, 0.05) is 6.54 Å². The Labute approximate surface area is 95.3 Å². The lowest BCUT2D eigenvalue weighted by molar-refractivity contribution is 0.586. The molecule has 0 aliphatic heterocycles. The summed E-state index contributed by atoms with van der Waals surface area (Å²) < 4.78 is 27.7.